The van der Waals surface area contributed by atoms with Gasteiger partial charge in [-0.1, -0.05) is 18.7 Å². The van der Waals surface area contributed by atoms with E-state index in [1.54, 1.807) is 43.8 Å². The minimum absolute atomic E-state index is 0.130. The van der Waals surface area contributed by atoms with Crippen LogP contribution in [0.3, 0.4) is 0 Å². The van der Waals surface area contributed by atoms with Gasteiger partial charge in [-0.3, -0.25) is 9.48 Å². The number of halogens is 2. The summed E-state index contributed by atoms with van der Waals surface area (Å²) >= 11 is 0. The number of aromatic nitrogens is 5. The number of fused-ring (bicyclic) bond motifs is 1. The topological polar surface area (TPSA) is 111 Å². The van der Waals surface area contributed by atoms with Crippen LogP contribution in [0.4, 0.5) is 14.5 Å². The summed E-state index contributed by atoms with van der Waals surface area (Å²) in [6.07, 6.45) is 6.19. The van der Waals surface area contributed by atoms with Gasteiger partial charge in [0.05, 0.1) is 17.4 Å². The minimum Gasteiger partial charge on any atom is -0.457 e. The fraction of sp³-hybridized carbons (Fsp3) is 0.200. The summed E-state index contributed by atoms with van der Waals surface area (Å²) in [6.45, 7) is 4.67. The number of hydrogen-bond donors (Lipinski definition) is 2. The Labute approximate surface area is 245 Å². The Bertz CT molecular complexity index is 1800. The van der Waals surface area contributed by atoms with Crippen molar-refractivity contribution in [3.8, 4) is 28.5 Å². The molecule has 2 aromatic carbocycles. The highest BCUT2D eigenvalue weighted by Crippen LogP contribution is 2.39. The number of nitrogens with zero attached hydrogens (tertiary/aromatic N) is 6. The molecule has 1 aliphatic heterocycles. The van der Waals surface area contributed by atoms with Gasteiger partial charge in [0.1, 0.15) is 28.5 Å². The van der Waals surface area contributed by atoms with E-state index < -0.39 is 12.5 Å². The van der Waals surface area contributed by atoms with Gasteiger partial charge in [0.25, 0.3) is 5.91 Å². The maximum atomic E-state index is 13.4. The van der Waals surface area contributed by atoms with Crippen LogP contribution >= 0.6 is 0 Å². The predicted molar refractivity (Wildman–Crippen MR) is 156 cm³/mol. The van der Waals surface area contributed by atoms with E-state index in [9.17, 15) is 13.6 Å². The molecule has 11 nitrogen and oxygen atoms in total. The van der Waals surface area contributed by atoms with Gasteiger partial charge in [-0.25, -0.2) is 9.50 Å². The van der Waals surface area contributed by atoms with Crippen molar-refractivity contribution >= 4 is 22.9 Å². The molecule has 3 aromatic heterocycles. The van der Waals surface area contributed by atoms with Crippen LogP contribution in [0.25, 0.3) is 22.6 Å². The molecule has 0 unspecified atom stereocenters. The molecule has 43 heavy (non-hydrogen) atoms. The van der Waals surface area contributed by atoms with Gasteiger partial charge in [-0.15, -0.1) is 0 Å². The minimum atomic E-state index is -3.08. The Morgan fingerprint density at radius 2 is 1.93 bits per heavy atom. The molecular formula is C30H28F2N8O3. The summed E-state index contributed by atoms with van der Waals surface area (Å²) in [6, 6.07) is 13.7. The number of nitrogens with one attached hydrogen (secondary N) is 2. The molecular weight excluding hydrogens is 558 g/mol. The standard InChI is InChI=1S/C30H28F2N8O3/c1-19(39-13-10-33-11-14-39)20-5-3-6-21(15-20)42-22-7-8-26(43-30(31)32)23(16-22)27-25(18-38(2)37-27)36-29(41)24-17-35-40-12-4-9-34-28(24)40/h3-9,12,15-18,30,33H,1,10-11,13-14H2,2H3,(H,36,41). The SMILES string of the molecule is C=C(c1cccc(Oc2ccc(OC(F)F)c(-c3nn(C)cc3NC(=O)c3cnn4cccnc34)c2)c1)N1CCNCC1. The third kappa shape index (κ3) is 6.02. The van der Waals surface area contributed by atoms with Crippen molar-refractivity contribution in [3.63, 3.8) is 0 Å². The van der Waals surface area contributed by atoms with Crippen LogP contribution < -0.4 is 20.1 Å². The van der Waals surface area contributed by atoms with E-state index in [4.69, 9.17) is 9.47 Å². The van der Waals surface area contributed by atoms with Crippen LogP contribution in [0.2, 0.25) is 0 Å². The molecule has 5 aromatic rings. The van der Waals surface area contributed by atoms with Gasteiger partial charge in [-0.05, 0) is 36.4 Å². The number of hydrogen-bond acceptors (Lipinski definition) is 8. The smallest absolute Gasteiger partial charge is 0.387 e. The van der Waals surface area contributed by atoms with E-state index >= 15 is 0 Å². The molecule has 2 N–H and O–H groups in total. The van der Waals surface area contributed by atoms with Gasteiger partial charge >= 0.3 is 6.61 Å². The lowest BCUT2D eigenvalue weighted by atomic mass is 10.1. The molecule has 1 saturated heterocycles. The third-order valence-electron chi connectivity index (χ3n) is 6.92. The zero-order valence-electron chi connectivity index (χ0n) is 23.2. The molecule has 0 bridgehead atoms. The summed E-state index contributed by atoms with van der Waals surface area (Å²) in [4.78, 5) is 19.7. The number of carbonyl (C=O) groups excluding carboxylic acids is 1. The monoisotopic (exact) mass is 586 g/mol. The van der Waals surface area contributed by atoms with E-state index in [0.717, 1.165) is 37.4 Å². The average molecular weight is 587 g/mol. The predicted octanol–water partition coefficient (Wildman–Crippen LogP) is 4.65. The maximum absolute atomic E-state index is 13.4. The normalized spacial score (nSPS) is 13.3. The number of ether oxygens (including phenoxy) is 2. The molecule has 1 aliphatic rings. The van der Waals surface area contributed by atoms with Gasteiger partial charge in [0, 0.05) is 63.1 Å². The molecule has 1 amide bonds. The molecule has 0 radical (unpaired) electrons. The van der Waals surface area contributed by atoms with Crippen molar-refractivity contribution in [2.45, 2.75) is 6.61 Å². The fourth-order valence-electron chi connectivity index (χ4n) is 4.90. The second kappa shape index (κ2) is 11.9. The van der Waals surface area contributed by atoms with Crippen LogP contribution in [0.1, 0.15) is 15.9 Å². The van der Waals surface area contributed by atoms with E-state index in [-0.39, 0.29) is 28.3 Å². The van der Waals surface area contributed by atoms with E-state index in [1.165, 1.54) is 27.5 Å². The van der Waals surface area contributed by atoms with Crippen LogP contribution in [0.5, 0.6) is 17.2 Å². The number of anilines is 1. The fourth-order valence-corrected chi connectivity index (χ4v) is 4.90. The number of benzene rings is 2. The van der Waals surface area contributed by atoms with Crippen molar-refractivity contribution in [1.82, 2.24) is 34.6 Å². The maximum Gasteiger partial charge on any atom is 0.387 e. The van der Waals surface area contributed by atoms with Crippen molar-refractivity contribution in [3.05, 3.63) is 91.0 Å². The van der Waals surface area contributed by atoms with E-state index in [0.29, 0.717) is 17.1 Å². The van der Waals surface area contributed by atoms with Gasteiger partial charge in [0.15, 0.2) is 5.65 Å². The summed E-state index contributed by atoms with van der Waals surface area (Å²) < 4.78 is 40.7. The second-order valence-electron chi connectivity index (χ2n) is 9.82. The van der Waals surface area contributed by atoms with Crippen LogP contribution in [-0.4, -0.2) is 68.0 Å². The van der Waals surface area contributed by atoms with Gasteiger partial charge in [0.2, 0.25) is 0 Å². The summed E-state index contributed by atoms with van der Waals surface area (Å²) in [5, 5.41) is 14.7. The average Bonchev–Trinajstić information content (AvgIpc) is 3.61. The highest BCUT2D eigenvalue weighted by Gasteiger charge is 2.22. The zero-order valence-corrected chi connectivity index (χ0v) is 23.2. The largest absolute Gasteiger partial charge is 0.457 e. The summed E-state index contributed by atoms with van der Waals surface area (Å²) in [5.41, 5.74) is 3.09. The lowest BCUT2D eigenvalue weighted by Crippen LogP contribution is -2.42. The number of carbonyl (C=O) groups is 1. The molecule has 0 saturated carbocycles. The molecule has 0 spiro atoms. The molecule has 0 atom stereocenters. The Kier molecular flexibility index (Phi) is 7.71. The second-order valence-corrected chi connectivity index (χ2v) is 9.82. The summed E-state index contributed by atoms with van der Waals surface area (Å²) in [7, 11) is 1.65. The molecule has 13 heteroatoms. The number of alkyl halides is 2. The first kappa shape index (κ1) is 27.8. The van der Waals surface area contributed by atoms with Crippen molar-refractivity contribution in [2.24, 2.45) is 7.05 Å². The molecule has 1 fully saturated rings. The number of rotatable bonds is 9. The van der Waals surface area contributed by atoms with Gasteiger partial charge < -0.3 is 25.0 Å². The van der Waals surface area contributed by atoms with Crippen LogP contribution in [0, 0.1) is 0 Å². The Hall–Kier alpha value is -5.30. The Balaban J connectivity index is 1.30. The number of amides is 1. The van der Waals surface area contributed by atoms with Crippen LogP contribution in [-0.2, 0) is 7.05 Å². The first-order valence-electron chi connectivity index (χ1n) is 13.5. The van der Waals surface area contributed by atoms with Crippen molar-refractivity contribution in [1.29, 1.82) is 0 Å². The lowest BCUT2D eigenvalue weighted by Gasteiger charge is -2.31. The van der Waals surface area contributed by atoms with Crippen LogP contribution in [0.15, 0.2) is 79.9 Å². The highest BCUT2D eigenvalue weighted by molar-refractivity contribution is 6.09. The Morgan fingerprint density at radius 1 is 1.12 bits per heavy atom. The molecule has 0 aliphatic carbocycles. The lowest BCUT2D eigenvalue weighted by molar-refractivity contribution is -0.0494. The van der Waals surface area contributed by atoms with Gasteiger partial charge in [-0.2, -0.15) is 19.0 Å². The molecule has 6 rings (SSSR count). The molecule has 4 heterocycles. The quantitative estimate of drug-likeness (QED) is 0.257. The molecule has 220 valence electrons. The highest BCUT2D eigenvalue weighted by atomic mass is 19.3. The zero-order chi connectivity index (χ0) is 29.9. The summed E-state index contributed by atoms with van der Waals surface area (Å²) in [5.74, 6) is 0.275. The van der Waals surface area contributed by atoms with E-state index in [1.807, 2.05) is 18.2 Å². The first-order chi connectivity index (χ1) is 20.9. The first-order valence-corrected chi connectivity index (χ1v) is 13.5. The Morgan fingerprint density at radius 3 is 2.74 bits per heavy atom. The van der Waals surface area contributed by atoms with E-state index in [2.05, 4.69) is 37.3 Å². The third-order valence-corrected chi connectivity index (χ3v) is 6.92. The number of aryl methyl sites for hydroxylation is 1. The van der Waals surface area contributed by atoms with Crippen molar-refractivity contribution in [2.75, 3.05) is 31.5 Å². The number of piperazine rings is 1. The van der Waals surface area contributed by atoms with Crippen molar-refractivity contribution < 1.29 is 23.0 Å².